The third-order valence-electron chi connectivity index (χ3n) is 4.06. The number of hydrogen-bond donors (Lipinski definition) is 0. The van der Waals surface area contributed by atoms with Crippen LogP contribution in [0, 0.1) is 0 Å². The summed E-state index contributed by atoms with van der Waals surface area (Å²) in [6.07, 6.45) is 4.28. The van der Waals surface area contributed by atoms with Gasteiger partial charge in [-0.3, -0.25) is 9.98 Å². The van der Waals surface area contributed by atoms with Crippen LogP contribution in [0.5, 0.6) is 0 Å². The fraction of sp³-hybridized carbons (Fsp3) is 0.300. The van der Waals surface area contributed by atoms with Crippen molar-refractivity contribution in [3.05, 3.63) is 71.8 Å². The van der Waals surface area contributed by atoms with Gasteiger partial charge in [0.05, 0.1) is 13.1 Å². The molecule has 0 atom stereocenters. The van der Waals surface area contributed by atoms with Crippen molar-refractivity contribution in [1.29, 1.82) is 0 Å². The van der Waals surface area contributed by atoms with Crippen LogP contribution in [0.2, 0.25) is 0 Å². The predicted molar refractivity (Wildman–Crippen MR) is 93.6 cm³/mol. The van der Waals surface area contributed by atoms with Gasteiger partial charge in [0.1, 0.15) is 0 Å². The lowest BCUT2D eigenvalue weighted by molar-refractivity contribution is 0.897. The number of rotatable bonds is 4. The van der Waals surface area contributed by atoms with Crippen LogP contribution in [-0.2, 0) is 13.1 Å². The standard InChI is InChI=1S/C20H22N2/c1-3-7-17(8-4-1)15-21-19-11-13-20(14-12-19)22-16-18-9-5-2-6-10-18/h1-10H,11-16H2. The zero-order chi connectivity index (χ0) is 15.0. The predicted octanol–water partition coefficient (Wildman–Crippen LogP) is 4.84. The molecule has 1 saturated carbocycles. The minimum absolute atomic E-state index is 0.812. The maximum absolute atomic E-state index is 4.77. The first kappa shape index (κ1) is 14.7. The van der Waals surface area contributed by atoms with E-state index >= 15 is 0 Å². The Balaban J connectivity index is 1.50. The Bertz CT molecular complexity index is 570. The molecule has 0 spiro atoms. The van der Waals surface area contributed by atoms with E-state index in [4.69, 9.17) is 9.98 Å². The zero-order valence-corrected chi connectivity index (χ0v) is 12.9. The molecule has 0 amide bonds. The van der Waals surface area contributed by atoms with E-state index in [0.29, 0.717) is 0 Å². The molecule has 2 heteroatoms. The van der Waals surface area contributed by atoms with Gasteiger partial charge in [-0.25, -0.2) is 0 Å². The summed E-state index contributed by atoms with van der Waals surface area (Å²) in [5.41, 5.74) is 5.28. The highest BCUT2D eigenvalue weighted by atomic mass is 14.8. The van der Waals surface area contributed by atoms with Gasteiger partial charge < -0.3 is 0 Å². The third-order valence-corrected chi connectivity index (χ3v) is 4.06. The quantitative estimate of drug-likeness (QED) is 0.769. The first-order valence-corrected chi connectivity index (χ1v) is 8.02. The van der Waals surface area contributed by atoms with Crippen molar-refractivity contribution in [2.45, 2.75) is 38.8 Å². The summed E-state index contributed by atoms with van der Waals surface area (Å²) >= 11 is 0. The molecule has 1 aliphatic carbocycles. The van der Waals surface area contributed by atoms with E-state index in [0.717, 1.165) is 38.8 Å². The monoisotopic (exact) mass is 290 g/mol. The van der Waals surface area contributed by atoms with Crippen LogP contribution in [0.1, 0.15) is 36.8 Å². The Morgan fingerprint density at radius 1 is 0.545 bits per heavy atom. The first-order chi connectivity index (χ1) is 10.9. The molecule has 0 bridgehead atoms. The van der Waals surface area contributed by atoms with Crippen molar-refractivity contribution >= 4 is 11.4 Å². The lowest BCUT2D eigenvalue weighted by Crippen LogP contribution is -2.14. The van der Waals surface area contributed by atoms with Crippen molar-refractivity contribution in [3.8, 4) is 0 Å². The Morgan fingerprint density at radius 2 is 0.909 bits per heavy atom. The summed E-state index contributed by atoms with van der Waals surface area (Å²) in [4.78, 5) is 9.54. The van der Waals surface area contributed by atoms with Crippen LogP contribution in [0.3, 0.4) is 0 Å². The van der Waals surface area contributed by atoms with E-state index < -0.39 is 0 Å². The molecule has 1 fully saturated rings. The fourth-order valence-corrected chi connectivity index (χ4v) is 2.72. The number of hydrogen-bond acceptors (Lipinski definition) is 2. The summed E-state index contributed by atoms with van der Waals surface area (Å²) in [6, 6.07) is 20.9. The molecule has 0 heterocycles. The van der Waals surface area contributed by atoms with Gasteiger partial charge >= 0.3 is 0 Å². The average Bonchev–Trinajstić information content (AvgIpc) is 2.61. The lowest BCUT2D eigenvalue weighted by atomic mass is 9.96. The third kappa shape index (κ3) is 4.39. The summed E-state index contributed by atoms with van der Waals surface area (Å²) in [5, 5.41) is 0. The van der Waals surface area contributed by atoms with Crippen molar-refractivity contribution in [2.24, 2.45) is 9.98 Å². The summed E-state index contributed by atoms with van der Waals surface area (Å²) in [7, 11) is 0. The first-order valence-electron chi connectivity index (χ1n) is 8.02. The number of nitrogens with zero attached hydrogens (tertiary/aromatic N) is 2. The second-order valence-electron chi connectivity index (χ2n) is 5.74. The highest BCUT2D eigenvalue weighted by Gasteiger charge is 2.12. The van der Waals surface area contributed by atoms with E-state index in [1.165, 1.54) is 22.6 Å². The van der Waals surface area contributed by atoms with Crippen molar-refractivity contribution in [3.63, 3.8) is 0 Å². The highest BCUT2D eigenvalue weighted by Crippen LogP contribution is 2.16. The van der Waals surface area contributed by atoms with Crippen LogP contribution >= 0.6 is 0 Å². The molecule has 3 rings (SSSR count). The van der Waals surface area contributed by atoms with Gasteiger partial charge in [-0.2, -0.15) is 0 Å². The topological polar surface area (TPSA) is 24.7 Å². The molecule has 1 aliphatic rings. The fourth-order valence-electron chi connectivity index (χ4n) is 2.72. The lowest BCUT2D eigenvalue weighted by Gasteiger charge is -2.15. The van der Waals surface area contributed by atoms with Gasteiger partial charge in [-0.05, 0) is 36.8 Å². The Labute approximate surface area is 132 Å². The van der Waals surface area contributed by atoms with Crippen LogP contribution in [0.4, 0.5) is 0 Å². The van der Waals surface area contributed by atoms with E-state index in [1.807, 2.05) is 12.1 Å². The molecule has 0 radical (unpaired) electrons. The van der Waals surface area contributed by atoms with Crippen LogP contribution < -0.4 is 0 Å². The Hall–Kier alpha value is -2.22. The van der Waals surface area contributed by atoms with E-state index in [-0.39, 0.29) is 0 Å². The second kappa shape index (κ2) is 7.69. The number of aliphatic imine (C=N–C) groups is 2. The van der Waals surface area contributed by atoms with Gasteiger partial charge in [0, 0.05) is 11.4 Å². The minimum Gasteiger partial charge on any atom is -0.289 e. The molecule has 0 aliphatic heterocycles. The van der Waals surface area contributed by atoms with Gasteiger partial charge in [0.2, 0.25) is 0 Å². The van der Waals surface area contributed by atoms with E-state index in [9.17, 15) is 0 Å². The maximum atomic E-state index is 4.77. The average molecular weight is 290 g/mol. The van der Waals surface area contributed by atoms with Crippen LogP contribution in [0.25, 0.3) is 0 Å². The molecule has 0 unspecified atom stereocenters. The SMILES string of the molecule is c1ccc(CN=C2CCC(=NCc3ccccc3)CC2)cc1. The molecule has 2 aromatic rings. The largest absolute Gasteiger partial charge is 0.289 e. The van der Waals surface area contributed by atoms with Crippen LogP contribution in [-0.4, -0.2) is 11.4 Å². The molecule has 22 heavy (non-hydrogen) atoms. The normalized spacial score (nSPS) is 14.7. The molecule has 112 valence electrons. The number of benzene rings is 2. The minimum atomic E-state index is 0.812. The van der Waals surface area contributed by atoms with Gasteiger partial charge in [0.25, 0.3) is 0 Å². The summed E-state index contributed by atoms with van der Waals surface area (Å²) in [6.45, 7) is 1.62. The molecule has 0 aromatic heterocycles. The molecule has 0 saturated heterocycles. The van der Waals surface area contributed by atoms with E-state index in [2.05, 4.69) is 48.5 Å². The highest BCUT2D eigenvalue weighted by molar-refractivity contribution is 5.98. The Kier molecular flexibility index (Phi) is 5.14. The maximum Gasteiger partial charge on any atom is 0.0639 e. The van der Waals surface area contributed by atoms with Crippen molar-refractivity contribution < 1.29 is 0 Å². The smallest absolute Gasteiger partial charge is 0.0639 e. The summed E-state index contributed by atoms with van der Waals surface area (Å²) < 4.78 is 0. The molecular formula is C20H22N2. The zero-order valence-electron chi connectivity index (χ0n) is 12.9. The molecule has 2 nitrogen and oxygen atoms in total. The van der Waals surface area contributed by atoms with Crippen molar-refractivity contribution in [2.75, 3.05) is 0 Å². The van der Waals surface area contributed by atoms with E-state index in [1.54, 1.807) is 0 Å². The van der Waals surface area contributed by atoms with Gasteiger partial charge in [0.15, 0.2) is 0 Å². The van der Waals surface area contributed by atoms with Gasteiger partial charge in [-0.1, -0.05) is 60.7 Å². The molecular weight excluding hydrogens is 268 g/mol. The second-order valence-corrected chi connectivity index (χ2v) is 5.74. The van der Waals surface area contributed by atoms with Crippen LogP contribution in [0.15, 0.2) is 70.6 Å². The van der Waals surface area contributed by atoms with Crippen molar-refractivity contribution in [1.82, 2.24) is 0 Å². The molecule has 0 N–H and O–H groups in total. The van der Waals surface area contributed by atoms with Gasteiger partial charge in [-0.15, -0.1) is 0 Å². The Morgan fingerprint density at radius 3 is 1.27 bits per heavy atom. The molecule has 2 aromatic carbocycles. The summed E-state index contributed by atoms with van der Waals surface area (Å²) in [5.74, 6) is 0.